The highest BCUT2D eigenvalue weighted by Crippen LogP contribution is 2.58. The first kappa shape index (κ1) is 15.0. The van der Waals surface area contributed by atoms with Crippen LogP contribution in [0.15, 0.2) is 18.2 Å². The van der Waals surface area contributed by atoms with E-state index in [9.17, 15) is 14.4 Å². The maximum Gasteiger partial charge on any atom is 0.335 e. The van der Waals surface area contributed by atoms with Crippen LogP contribution in [0, 0.1) is 24.2 Å². The summed E-state index contributed by atoms with van der Waals surface area (Å²) in [6.07, 6.45) is 0. The molecule has 112 valence electrons. The van der Waals surface area contributed by atoms with Crippen LogP contribution in [0.1, 0.15) is 29.8 Å². The monoisotopic (exact) mass is 291 g/mol. The van der Waals surface area contributed by atoms with Gasteiger partial charge in [-0.05, 0) is 36.1 Å². The van der Waals surface area contributed by atoms with Gasteiger partial charge in [0.05, 0.1) is 17.4 Å². The minimum atomic E-state index is -1.04. The van der Waals surface area contributed by atoms with Gasteiger partial charge in [-0.2, -0.15) is 0 Å². The Morgan fingerprint density at radius 3 is 2.19 bits per heavy atom. The molecular formula is C15H17NO5. The van der Waals surface area contributed by atoms with Gasteiger partial charge in [0.2, 0.25) is 5.91 Å². The molecule has 1 aliphatic rings. The van der Waals surface area contributed by atoms with Crippen LogP contribution < -0.4 is 5.32 Å². The van der Waals surface area contributed by atoms with E-state index in [0.717, 1.165) is 0 Å². The molecule has 2 rings (SSSR count). The second kappa shape index (κ2) is 4.87. The van der Waals surface area contributed by atoms with Gasteiger partial charge in [-0.1, -0.05) is 13.8 Å². The van der Waals surface area contributed by atoms with Gasteiger partial charge in [0.15, 0.2) is 0 Å². The Morgan fingerprint density at radius 1 is 1.14 bits per heavy atom. The molecule has 0 bridgehead atoms. The van der Waals surface area contributed by atoms with Crippen molar-refractivity contribution in [3.63, 3.8) is 0 Å². The summed E-state index contributed by atoms with van der Waals surface area (Å²) in [5.41, 5.74) is 0.691. The second-order valence-electron chi connectivity index (χ2n) is 5.94. The number of carboxylic acid groups (broad SMARTS) is 2. The van der Waals surface area contributed by atoms with E-state index < -0.39 is 29.2 Å². The van der Waals surface area contributed by atoms with Crippen LogP contribution in [0.2, 0.25) is 0 Å². The molecule has 1 aliphatic carbocycles. The maximum absolute atomic E-state index is 12.2. The van der Waals surface area contributed by atoms with Crippen molar-refractivity contribution in [2.75, 3.05) is 5.32 Å². The van der Waals surface area contributed by atoms with Gasteiger partial charge in [0.25, 0.3) is 0 Å². The van der Waals surface area contributed by atoms with Crippen LogP contribution in [0.5, 0.6) is 0 Å². The van der Waals surface area contributed by atoms with Crippen molar-refractivity contribution in [1.29, 1.82) is 0 Å². The average Bonchev–Trinajstić information content (AvgIpc) is 2.95. The van der Waals surface area contributed by atoms with Crippen LogP contribution >= 0.6 is 0 Å². The average molecular weight is 291 g/mol. The molecule has 2 atom stereocenters. The fraction of sp³-hybridized carbons (Fsp3) is 0.400. The van der Waals surface area contributed by atoms with Crippen molar-refractivity contribution < 1.29 is 24.6 Å². The van der Waals surface area contributed by atoms with Crippen molar-refractivity contribution in [3.8, 4) is 0 Å². The van der Waals surface area contributed by atoms with Crippen molar-refractivity contribution in [2.24, 2.45) is 17.3 Å². The summed E-state index contributed by atoms with van der Waals surface area (Å²) in [6, 6.07) is 4.38. The normalized spacial score (nSPS) is 22.4. The summed E-state index contributed by atoms with van der Waals surface area (Å²) in [7, 11) is 0. The third-order valence-electron chi connectivity index (χ3n) is 4.11. The van der Waals surface area contributed by atoms with E-state index in [1.165, 1.54) is 18.2 Å². The van der Waals surface area contributed by atoms with Crippen LogP contribution in [0.25, 0.3) is 0 Å². The number of nitrogens with one attached hydrogen (secondary N) is 1. The number of carboxylic acids is 2. The quantitative estimate of drug-likeness (QED) is 0.787. The van der Waals surface area contributed by atoms with E-state index in [2.05, 4.69) is 5.32 Å². The largest absolute Gasteiger partial charge is 0.481 e. The first-order valence-electron chi connectivity index (χ1n) is 6.54. The Balaban J connectivity index is 2.15. The molecule has 0 saturated heterocycles. The Kier molecular flexibility index (Phi) is 3.49. The molecule has 2 unspecified atom stereocenters. The predicted molar refractivity (Wildman–Crippen MR) is 75.2 cm³/mol. The lowest BCUT2D eigenvalue weighted by molar-refractivity contribution is -0.140. The highest BCUT2D eigenvalue weighted by atomic mass is 16.4. The molecule has 6 nitrogen and oxygen atoms in total. The van der Waals surface area contributed by atoms with Crippen molar-refractivity contribution in [1.82, 2.24) is 0 Å². The fourth-order valence-electron chi connectivity index (χ4n) is 2.74. The number of aliphatic carboxylic acids is 1. The molecule has 1 aromatic carbocycles. The number of carbonyl (C=O) groups excluding carboxylic acids is 1. The summed E-state index contributed by atoms with van der Waals surface area (Å²) in [4.78, 5) is 34.1. The lowest BCUT2D eigenvalue weighted by atomic mass is 10.1. The van der Waals surface area contributed by atoms with Crippen LogP contribution in [-0.2, 0) is 9.59 Å². The lowest BCUT2D eigenvalue weighted by Crippen LogP contribution is -2.18. The number of rotatable bonds is 4. The number of amides is 1. The number of aryl methyl sites for hydroxylation is 1. The first-order valence-corrected chi connectivity index (χ1v) is 6.54. The minimum absolute atomic E-state index is 0.140. The van der Waals surface area contributed by atoms with Gasteiger partial charge in [0, 0.05) is 5.69 Å². The zero-order chi connectivity index (χ0) is 15.9. The first-order chi connectivity index (χ1) is 9.66. The Hall–Kier alpha value is -2.37. The lowest BCUT2D eigenvalue weighted by Gasteiger charge is -2.09. The van der Waals surface area contributed by atoms with Gasteiger partial charge in [0.1, 0.15) is 0 Å². The Bertz CT molecular complexity index is 635. The number of anilines is 1. The van der Waals surface area contributed by atoms with E-state index in [1.807, 2.05) is 0 Å². The van der Waals surface area contributed by atoms with E-state index in [-0.39, 0.29) is 11.5 Å². The molecule has 1 saturated carbocycles. The third kappa shape index (κ3) is 2.61. The highest BCUT2D eigenvalue weighted by molar-refractivity contribution is 6.00. The molecule has 0 radical (unpaired) electrons. The molecular weight excluding hydrogens is 274 g/mol. The number of benzene rings is 1. The number of aromatic carboxylic acids is 1. The number of carbonyl (C=O) groups is 3. The van der Waals surface area contributed by atoms with Gasteiger partial charge in [-0.15, -0.1) is 0 Å². The van der Waals surface area contributed by atoms with Crippen LogP contribution in [0.3, 0.4) is 0 Å². The van der Waals surface area contributed by atoms with E-state index in [4.69, 9.17) is 10.2 Å². The summed E-state index contributed by atoms with van der Waals surface area (Å²) in [6.45, 7) is 5.18. The third-order valence-corrected chi connectivity index (χ3v) is 4.11. The van der Waals surface area contributed by atoms with Crippen molar-refractivity contribution in [3.05, 3.63) is 29.3 Å². The molecule has 6 heteroatoms. The van der Waals surface area contributed by atoms with Crippen molar-refractivity contribution in [2.45, 2.75) is 20.8 Å². The molecule has 0 spiro atoms. The molecule has 1 aromatic rings. The minimum Gasteiger partial charge on any atom is -0.481 e. The van der Waals surface area contributed by atoms with Gasteiger partial charge >= 0.3 is 11.9 Å². The highest BCUT2D eigenvalue weighted by Gasteiger charge is 2.65. The molecule has 1 fully saturated rings. The second-order valence-corrected chi connectivity index (χ2v) is 5.94. The van der Waals surface area contributed by atoms with Gasteiger partial charge in [-0.3, -0.25) is 9.59 Å². The van der Waals surface area contributed by atoms with Gasteiger partial charge < -0.3 is 15.5 Å². The maximum atomic E-state index is 12.2. The van der Waals surface area contributed by atoms with E-state index >= 15 is 0 Å². The Labute approximate surface area is 121 Å². The molecule has 3 N–H and O–H groups in total. The number of hydrogen-bond donors (Lipinski definition) is 3. The van der Waals surface area contributed by atoms with Crippen LogP contribution in [0.4, 0.5) is 5.69 Å². The summed E-state index contributed by atoms with van der Waals surface area (Å²) < 4.78 is 0. The molecule has 0 aromatic heterocycles. The van der Waals surface area contributed by atoms with Gasteiger partial charge in [-0.25, -0.2) is 4.79 Å². The standard InChI is InChI=1S/C15H17NO5/c1-7-6-8(13(18)19)4-5-9(7)16-12(17)10-11(14(20)21)15(10,2)3/h4-6,10-11H,1-3H3,(H,16,17)(H,18,19)(H,20,21). The summed E-state index contributed by atoms with van der Waals surface area (Å²) >= 11 is 0. The predicted octanol–water partition coefficient (Wildman–Crippen LogP) is 1.99. The molecule has 21 heavy (non-hydrogen) atoms. The molecule has 1 amide bonds. The van der Waals surface area contributed by atoms with Crippen molar-refractivity contribution >= 4 is 23.5 Å². The summed E-state index contributed by atoms with van der Waals surface area (Å²) in [5.74, 6) is -3.62. The SMILES string of the molecule is Cc1cc(C(=O)O)ccc1NC(=O)C1C(C(=O)O)C1(C)C. The number of hydrogen-bond acceptors (Lipinski definition) is 3. The van der Waals surface area contributed by atoms with E-state index in [1.54, 1.807) is 20.8 Å². The molecule has 0 aliphatic heterocycles. The smallest absolute Gasteiger partial charge is 0.335 e. The summed E-state index contributed by atoms with van der Waals surface area (Å²) in [5, 5.41) is 20.7. The zero-order valence-corrected chi connectivity index (χ0v) is 12.0. The molecule has 0 heterocycles. The van der Waals surface area contributed by atoms with E-state index in [0.29, 0.717) is 11.3 Å². The zero-order valence-electron chi connectivity index (χ0n) is 12.0. The fourth-order valence-corrected chi connectivity index (χ4v) is 2.74. The van der Waals surface area contributed by atoms with Crippen LogP contribution in [-0.4, -0.2) is 28.1 Å². The topological polar surface area (TPSA) is 104 Å². The Morgan fingerprint density at radius 2 is 1.76 bits per heavy atom.